The van der Waals surface area contributed by atoms with Gasteiger partial charge in [0.2, 0.25) is 0 Å². The third-order valence-corrected chi connectivity index (χ3v) is 16.9. The number of pyridine rings is 1. The Labute approximate surface area is 499 Å². The Balaban J connectivity index is 1.03. The van der Waals surface area contributed by atoms with E-state index in [1.807, 2.05) is 73.0 Å². The Morgan fingerprint density at radius 2 is 1.24 bits per heavy atom. The molecule has 12 rings (SSSR count). The van der Waals surface area contributed by atoms with Crippen LogP contribution in [0.2, 0.25) is 0 Å². The van der Waals surface area contributed by atoms with Gasteiger partial charge in [0, 0.05) is 14.5 Å². The summed E-state index contributed by atoms with van der Waals surface area (Å²) in [5.74, 6) is 0.316. The van der Waals surface area contributed by atoms with Gasteiger partial charge < -0.3 is 0 Å². The van der Waals surface area contributed by atoms with Crippen molar-refractivity contribution in [3.8, 4) is 62.1 Å². The fourth-order valence-corrected chi connectivity index (χ4v) is 12.5. The molecule has 406 valence electrons. The Morgan fingerprint density at radius 1 is 0.600 bits per heavy atom. The predicted molar refractivity (Wildman–Crippen MR) is 330 cm³/mol. The monoisotopic (exact) mass is 1240 g/mol. The summed E-state index contributed by atoms with van der Waals surface area (Å²) < 4.78 is 114. The third kappa shape index (κ3) is 9.64. The first-order valence-corrected chi connectivity index (χ1v) is 28.7. The van der Waals surface area contributed by atoms with E-state index < -0.39 is 42.5 Å². The van der Waals surface area contributed by atoms with Crippen molar-refractivity contribution in [3.63, 3.8) is 0 Å². The molecule has 0 spiro atoms. The Morgan fingerprint density at radius 3 is 1.94 bits per heavy atom. The quantitative estimate of drug-likeness (QED) is 0.128. The molecule has 0 saturated carbocycles. The van der Waals surface area contributed by atoms with Crippen molar-refractivity contribution >= 4 is 32.8 Å². The van der Waals surface area contributed by atoms with Crippen LogP contribution in [-0.2, 0) is 47.4 Å². The van der Waals surface area contributed by atoms with Crippen LogP contribution in [0.15, 0.2) is 176 Å². The van der Waals surface area contributed by atoms with Gasteiger partial charge in [0.1, 0.15) is 0 Å². The average Bonchev–Trinajstić information content (AvgIpc) is 1.63. The van der Waals surface area contributed by atoms with Crippen molar-refractivity contribution in [2.24, 2.45) is 5.92 Å². The molecule has 6 heteroatoms. The molecule has 0 unspecified atom stereocenters. The van der Waals surface area contributed by atoms with Crippen LogP contribution < -0.4 is 4.74 Å². The van der Waals surface area contributed by atoms with Crippen molar-refractivity contribution in [3.05, 3.63) is 220 Å². The molecule has 5 nitrogen and oxygen atoms in total. The van der Waals surface area contributed by atoms with E-state index in [9.17, 15) is 8.22 Å². The zero-order chi connectivity index (χ0) is 65.7. The Kier molecular flexibility index (Phi) is 10.4. The number of hydrogen-bond donors (Lipinski definition) is 0. The van der Waals surface area contributed by atoms with Gasteiger partial charge in [-0.2, -0.15) is 0 Å². The normalized spacial score (nSPS) is 16.5. The summed E-state index contributed by atoms with van der Waals surface area (Å²) in [5.41, 5.74) is 11.4. The number of fused-ring (bicyclic) bond motifs is 5. The molecule has 0 fully saturated rings. The maximum atomic E-state index is 9.69. The SMILES string of the molecule is [2H]c1c([2H])c([2H])c(-c2cccc(-c3cc(C(C)(C)C)cc(C(C)(C)C)c3)c2-n2[c](=[Pt])n(-c3[c-]c(Oc4[c-]c5c(cc4)c4c([2H])c([2H])c([2H])c([2H])c4n5-c4cc(C([2H])([2H])C(C)C)c(-c5ccc6c(c5)C(C)(C)CCC6(C)C)cn4)ccc3)c3ccccc32)c([2H])c1[2H]. The summed E-state index contributed by atoms with van der Waals surface area (Å²) in [4.78, 5) is 5.07. The number of aromatic nitrogens is 4. The number of hydrogen-bond acceptors (Lipinski definition) is 2. The van der Waals surface area contributed by atoms with E-state index >= 15 is 0 Å². The van der Waals surface area contributed by atoms with Crippen molar-refractivity contribution < 1.29 is 39.2 Å². The molecule has 80 heavy (non-hydrogen) atoms. The van der Waals surface area contributed by atoms with Crippen LogP contribution in [0.4, 0.5) is 0 Å². The predicted octanol–water partition coefficient (Wildman–Crippen LogP) is 19.5. The van der Waals surface area contributed by atoms with Crippen LogP contribution in [0.25, 0.3) is 83.4 Å². The van der Waals surface area contributed by atoms with Crippen LogP contribution in [0.5, 0.6) is 11.5 Å². The molecule has 0 amide bonds. The molecule has 11 aromatic rings. The van der Waals surface area contributed by atoms with Gasteiger partial charge >= 0.3 is 352 Å². The first-order chi connectivity index (χ1) is 42.6. The second-order valence-electron chi connectivity index (χ2n) is 25.0. The first kappa shape index (κ1) is 41.6. The second-order valence-corrected chi connectivity index (χ2v) is 26.0. The number of rotatable bonds is 10. The van der Waals surface area contributed by atoms with Crippen LogP contribution in [0, 0.1) is 21.9 Å². The molecule has 0 saturated heterocycles. The Hall–Kier alpha value is -7.33. The van der Waals surface area contributed by atoms with E-state index in [2.05, 4.69) is 142 Å². The topological polar surface area (TPSA) is 36.9 Å². The molecule has 0 bridgehead atoms. The van der Waals surface area contributed by atoms with Gasteiger partial charge in [0.05, 0.1) is 5.48 Å². The van der Waals surface area contributed by atoms with Gasteiger partial charge in [-0.25, -0.2) is 0 Å². The molecule has 1 aliphatic carbocycles. The summed E-state index contributed by atoms with van der Waals surface area (Å²) >= 11 is 2.29. The molecular weight excluding hydrogens is 1160 g/mol. The number of ether oxygens (including phenoxy) is 1. The zero-order valence-electron chi connectivity index (χ0n) is 58.6. The van der Waals surface area contributed by atoms with Gasteiger partial charge in [0.15, 0.2) is 0 Å². The zero-order valence-corrected chi connectivity index (χ0v) is 49.8. The molecule has 0 N–H and O–H groups in total. The molecule has 0 atom stereocenters. The molecule has 0 radical (unpaired) electrons. The first-order valence-electron chi connectivity index (χ1n) is 33.0. The van der Waals surface area contributed by atoms with Crippen LogP contribution >= 0.6 is 0 Å². The number of nitrogens with zero attached hydrogens (tertiary/aromatic N) is 4. The van der Waals surface area contributed by atoms with Gasteiger partial charge in [-0.15, -0.1) is 0 Å². The van der Waals surface area contributed by atoms with E-state index in [0.29, 0.717) is 48.5 Å². The minimum atomic E-state index is -1.87. The summed E-state index contributed by atoms with van der Waals surface area (Å²) in [7, 11) is 0. The van der Waals surface area contributed by atoms with E-state index in [-0.39, 0.29) is 73.9 Å². The van der Waals surface area contributed by atoms with Crippen LogP contribution in [-0.4, -0.2) is 18.7 Å². The molecule has 0 aliphatic heterocycles. The van der Waals surface area contributed by atoms with Crippen molar-refractivity contribution in [1.82, 2.24) is 18.7 Å². The van der Waals surface area contributed by atoms with Gasteiger partial charge in [-0.1, -0.05) is 71.8 Å². The second kappa shape index (κ2) is 20.0. The van der Waals surface area contributed by atoms with Crippen molar-refractivity contribution in [2.75, 3.05) is 0 Å². The van der Waals surface area contributed by atoms with Gasteiger partial charge in [-0.05, 0) is 58.2 Å². The van der Waals surface area contributed by atoms with E-state index in [1.54, 1.807) is 35.0 Å². The third-order valence-electron chi connectivity index (χ3n) is 15.9. The fraction of sp³-hybridized carbons (Fsp3) is 0.270. The average molecular weight is 1240 g/mol. The standard InChI is InChI=1S/C74H72N4O.Pt/c1-48(2)38-51-42-69(75-46-62(51)50-32-35-63-64(41-50)74(11,12)37-36-73(63,9)10)78-65-29-17-16-26-60(65)61-34-33-57(45-68(61)78)79-56-25-20-24-55(44-56)76-47-77(67-31-19-18-30-66(67)76)70-58(49-22-14-13-15-23-49)27-21-28-59(70)52-39-53(71(3,4)5)43-54(40-52)72(6,7)8;/h13-35,39-43,46,48H,36-38H2,1-12H3;/q-2;/i13D,14D,15D,16D,17D,22D,23D,26D,29D,38D2;. The molecular formula is C74H72N4OPt-2. The van der Waals surface area contributed by atoms with Crippen molar-refractivity contribution in [1.29, 1.82) is 0 Å². The molecule has 3 aromatic heterocycles. The number of imidazole rings is 1. The fourth-order valence-electron chi connectivity index (χ4n) is 11.4. The van der Waals surface area contributed by atoms with E-state index in [4.69, 9.17) is 16.6 Å². The summed E-state index contributed by atoms with van der Waals surface area (Å²) in [5, 5.41) is 0.721. The summed E-state index contributed by atoms with van der Waals surface area (Å²) in [6.07, 6.45) is 1.87. The summed E-state index contributed by atoms with van der Waals surface area (Å²) in [6, 6.07) is 41.1. The Bertz CT molecular complexity index is 4860. The van der Waals surface area contributed by atoms with Crippen LogP contribution in [0.3, 0.4) is 0 Å². The molecule has 8 aromatic carbocycles. The summed E-state index contributed by atoms with van der Waals surface area (Å²) in [6.45, 7) is 25.9. The molecule has 3 heterocycles. The number of para-hydroxylation sites is 4. The number of benzene rings is 8. The maximum absolute atomic E-state index is 9.69. The van der Waals surface area contributed by atoms with E-state index in [1.165, 1.54) is 11.1 Å². The van der Waals surface area contributed by atoms with Crippen molar-refractivity contribution in [2.45, 2.75) is 124 Å². The van der Waals surface area contributed by atoms with Crippen LogP contribution in [0.1, 0.15) is 139 Å². The van der Waals surface area contributed by atoms with Gasteiger partial charge in [0.25, 0.3) is 0 Å². The molecule has 1 aliphatic rings. The minimum absolute atomic E-state index is 0.0296. The van der Waals surface area contributed by atoms with Gasteiger partial charge in [-0.3, -0.25) is 0 Å². The van der Waals surface area contributed by atoms with E-state index in [0.717, 1.165) is 51.7 Å².